The second kappa shape index (κ2) is 4.58. The number of nitrogens with zero attached hydrogens (tertiary/aromatic N) is 1. The fourth-order valence-electron chi connectivity index (χ4n) is 0.639. The number of methoxy groups -OCH3 is 1. The highest BCUT2D eigenvalue weighted by Gasteiger charge is 2.30. The molecule has 0 fully saturated rings. The molecule has 1 unspecified atom stereocenters. The molecule has 68 valence electrons. The molecular formula is C7H11NO4. The zero-order chi connectivity index (χ0) is 9.72. The van der Waals surface area contributed by atoms with Crippen LogP contribution >= 0.6 is 0 Å². The number of Topliss-reactive ketones (excluding diaryl/α,β-unsaturated/α-hetero) is 1. The van der Waals surface area contributed by atoms with Gasteiger partial charge in [0.25, 0.3) is 0 Å². The van der Waals surface area contributed by atoms with Crippen LogP contribution in [0.25, 0.3) is 0 Å². The summed E-state index contributed by atoms with van der Waals surface area (Å²) in [7, 11) is 1.11. The van der Waals surface area contributed by atoms with Crippen molar-refractivity contribution in [3.05, 3.63) is 4.91 Å². The molecule has 5 heteroatoms. The molecule has 0 aromatic rings. The first-order valence-corrected chi connectivity index (χ1v) is 3.48. The molecule has 0 heterocycles. The zero-order valence-corrected chi connectivity index (χ0v) is 7.23. The van der Waals surface area contributed by atoms with Crippen molar-refractivity contribution in [1.29, 1.82) is 0 Å². The van der Waals surface area contributed by atoms with Gasteiger partial charge in [-0.3, -0.25) is 4.79 Å². The lowest BCUT2D eigenvalue weighted by Crippen LogP contribution is -2.32. The van der Waals surface area contributed by atoms with Crippen LogP contribution in [0.5, 0.6) is 0 Å². The number of hydrogen-bond donors (Lipinski definition) is 0. The van der Waals surface area contributed by atoms with Gasteiger partial charge in [-0.25, -0.2) is 4.79 Å². The van der Waals surface area contributed by atoms with E-state index in [9.17, 15) is 14.5 Å². The third kappa shape index (κ3) is 2.41. The minimum atomic E-state index is -1.50. The molecule has 0 amide bonds. The summed E-state index contributed by atoms with van der Waals surface area (Å²) in [5, 5.41) is 2.41. The number of hydrogen-bond acceptors (Lipinski definition) is 5. The number of nitroso groups, excluding NO2 is 1. The van der Waals surface area contributed by atoms with Gasteiger partial charge in [0.1, 0.15) is 0 Å². The van der Waals surface area contributed by atoms with E-state index in [-0.39, 0.29) is 0 Å². The molecule has 0 aliphatic rings. The molecule has 0 rings (SSSR count). The number of ether oxygens (including phenoxy) is 1. The number of carbonyl (C=O) groups is 2. The Balaban J connectivity index is 4.45. The minimum Gasteiger partial charge on any atom is -0.467 e. The van der Waals surface area contributed by atoms with Crippen molar-refractivity contribution < 1.29 is 14.3 Å². The molecule has 5 nitrogen and oxygen atoms in total. The molecule has 0 radical (unpaired) electrons. The minimum absolute atomic E-state index is 0.396. The SMILES string of the molecule is COC(=O)C(N=O)C(=O)C(C)C. The Labute approximate surface area is 70.1 Å². The van der Waals surface area contributed by atoms with Gasteiger partial charge in [-0.05, 0) is 5.18 Å². The summed E-state index contributed by atoms with van der Waals surface area (Å²) >= 11 is 0. The molecule has 0 aromatic heterocycles. The summed E-state index contributed by atoms with van der Waals surface area (Å²) < 4.78 is 4.22. The maximum atomic E-state index is 11.1. The molecule has 1 atom stereocenters. The van der Waals surface area contributed by atoms with Crippen molar-refractivity contribution in [2.75, 3.05) is 7.11 Å². The maximum absolute atomic E-state index is 11.1. The Bertz CT molecular complexity index is 200. The average molecular weight is 173 g/mol. The molecule has 0 saturated heterocycles. The molecule has 0 N–H and O–H groups in total. The van der Waals surface area contributed by atoms with Crippen LogP contribution < -0.4 is 0 Å². The second-order valence-corrected chi connectivity index (χ2v) is 2.59. The molecule has 0 spiro atoms. The van der Waals surface area contributed by atoms with Crippen LogP contribution in [0.4, 0.5) is 0 Å². The van der Waals surface area contributed by atoms with E-state index in [1.165, 1.54) is 0 Å². The number of rotatable bonds is 4. The normalized spacial score (nSPS) is 12.3. The Morgan fingerprint density at radius 1 is 1.33 bits per heavy atom. The Morgan fingerprint density at radius 3 is 2.08 bits per heavy atom. The van der Waals surface area contributed by atoms with Gasteiger partial charge in [0.05, 0.1) is 7.11 Å². The molecule has 0 bridgehead atoms. The second-order valence-electron chi connectivity index (χ2n) is 2.59. The van der Waals surface area contributed by atoms with Crippen molar-refractivity contribution >= 4 is 11.8 Å². The molecule has 12 heavy (non-hydrogen) atoms. The van der Waals surface area contributed by atoms with Crippen LogP contribution in [0, 0.1) is 10.8 Å². The number of carbonyl (C=O) groups excluding carboxylic acids is 2. The van der Waals surface area contributed by atoms with E-state index in [1.807, 2.05) is 0 Å². The first kappa shape index (κ1) is 10.7. The Morgan fingerprint density at radius 2 is 1.83 bits per heavy atom. The Hall–Kier alpha value is -1.26. The van der Waals surface area contributed by atoms with Crippen molar-refractivity contribution in [1.82, 2.24) is 0 Å². The summed E-state index contributed by atoms with van der Waals surface area (Å²) in [5.74, 6) is -1.81. The highest BCUT2D eigenvalue weighted by atomic mass is 16.5. The third-order valence-corrected chi connectivity index (χ3v) is 1.37. The standard InChI is InChI=1S/C7H11NO4/c1-4(2)6(9)5(8-11)7(10)12-3/h4-5H,1-3H3. The van der Waals surface area contributed by atoms with Crippen LogP contribution in [0.1, 0.15) is 13.8 Å². The van der Waals surface area contributed by atoms with E-state index in [1.54, 1.807) is 13.8 Å². The highest BCUT2D eigenvalue weighted by molar-refractivity contribution is 6.04. The summed E-state index contributed by atoms with van der Waals surface area (Å²) in [4.78, 5) is 31.9. The lowest BCUT2D eigenvalue weighted by Gasteiger charge is -2.07. The van der Waals surface area contributed by atoms with Crippen molar-refractivity contribution in [2.45, 2.75) is 19.9 Å². The molecule has 0 saturated carbocycles. The van der Waals surface area contributed by atoms with Gasteiger partial charge in [-0.2, -0.15) is 0 Å². The van der Waals surface area contributed by atoms with Gasteiger partial charge in [0.15, 0.2) is 5.78 Å². The predicted octanol–water partition coefficient (Wildman–Crippen LogP) is 0.519. The summed E-state index contributed by atoms with van der Waals surface area (Å²) in [6.45, 7) is 3.17. The fraction of sp³-hybridized carbons (Fsp3) is 0.714. The summed E-state index contributed by atoms with van der Waals surface area (Å²) in [6, 6.07) is -1.50. The van der Waals surface area contributed by atoms with Crippen molar-refractivity contribution in [2.24, 2.45) is 11.1 Å². The smallest absolute Gasteiger partial charge is 0.342 e. The zero-order valence-electron chi connectivity index (χ0n) is 7.23. The van der Waals surface area contributed by atoms with Gasteiger partial charge in [-0.15, -0.1) is 4.91 Å². The Kier molecular flexibility index (Phi) is 4.10. The largest absolute Gasteiger partial charge is 0.467 e. The van der Waals surface area contributed by atoms with Crippen LogP contribution in [0.2, 0.25) is 0 Å². The molecule has 0 aromatic carbocycles. The molecule has 0 aliphatic heterocycles. The summed E-state index contributed by atoms with van der Waals surface area (Å²) in [5.41, 5.74) is 0. The lowest BCUT2D eigenvalue weighted by molar-refractivity contribution is -0.146. The van der Waals surface area contributed by atoms with Crippen LogP contribution in [-0.4, -0.2) is 24.9 Å². The van der Waals surface area contributed by atoms with E-state index in [0.29, 0.717) is 0 Å². The maximum Gasteiger partial charge on any atom is 0.342 e. The first-order valence-electron chi connectivity index (χ1n) is 3.48. The lowest BCUT2D eigenvalue weighted by atomic mass is 10.0. The quantitative estimate of drug-likeness (QED) is 0.353. The van der Waals surface area contributed by atoms with Crippen LogP contribution in [0.3, 0.4) is 0 Å². The fourth-order valence-corrected chi connectivity index (χ4v) is 0.639. The van der Waals surface area contributed by atoms with E-state index < -0.39 is 23.7 Å². The van der Waals surface area contributed by atoms with Crippen LogP contribution in [0.15, 0.2) is 5.18 Å². The van der Waals surface area contributed by atoms with E-state index in [0.717, 1.165) is 7.11 Å². The predicted molar refractivity (Wildman–Crippen MR) is 41.4 cm³/mol. The summed E-state index contributed by atoms with van der Waals surface area (Å²) in [6.07, 6.45) is 0. The van der Waals surface area contributed by atoms with Crippen molar-refractivity contribution in [3.63, 3.8) is 0 Å². The molecule has 0 aliphatic carbocycles. The van der Waals surface area contributed by atoms with Gasteiger partial charge >= 0.3 is 5.97 Å². The monoisotopic (exact) mass is 173 g/mol. The van der Waals surface area contributed by atoms with E-state index >= 15 is 0 Å². The van der Waals surface area contributed by atoms with Gasteiger partial charge in [0, 0.05) is 5.92 Å². The number of esters is 1. The van der Waals surface area contributed by atoms with E-state index in [4.69, 9.17) is 0 Å². The van der Waals surface area contributed by atoms with Crippen LogP contribution in [-0.2, 0) is 14.3 Å². The first-order chi connectivity index (χ1) is 5.54. The number of ketones is 1. The van der Waals surface area contributed by atoms with Gasteiger partial charge in [-0.1, -0.05) is 13.8 Å². The average Bonchev–Trinajstić information content (AvgIpc) is 2.05. The van der Waals surface area contributed by atoms with Gasteiger partial charge in [0.2, 0.25) is 6.04 Å². The van der Waals surface area contributed by atoms with Gasteiger partial charge < -0.3 is 4.74 Å². The highest BCUT2D eigenvalue weighted by Crippen LogP contribution is 2.04. The van der Waals surface area contributed by atoms with Crippen molar-refractivity contribution in [3.8, 4) is 0 Å². The van der Waals surface area contributed by atoms with E-state index in [2.05, 4.69) is 9.91 Å². The third-order valence-electron chi connectivity index (χ3n) is 1.37. The topological polar surface area (TPSA) is 72.8 Å². The molecular weight excluding hydrogens is 162 g/mol.